The second-order valence-electron chi connectivity index (χ2n) is 6.16. The number of nitrogens with zero attached hydrogens (tertiary/aromatic N) is 1. The quantitative estimate of drug-likeness (QED) is 0.664. The number of carbonyl (C=O) groups is 2. The molecule has 0 bridgehead atoms. The molecule has 1 aromatic heterocycles. The summed E-state index contributed by atoms with van der Waals surface area (Å²) in [6.07, 6.45) is 5.24. The highest BCUT2D eigenvalue weighted by Gasteiger charge is 2.16. The molecule has 8 heteroatoms. The average Bonchev–Trinajstić information content (AvgIpc) is 3.31. The summed E-state index contributed by atoms with van der Waals surface area (Å²) < 4.78 is 5.46. The van der Waals surface area contributed by atoms with Crippen LogP contribution in [0.3, 0.4) is 0 Å². The van der Waals surface area contributed by atoms with E-state index in [-0.39, 0.29) is 18.0 Å². The van der Waals surface area contributed by atoms with Crippen LogP contribution in [0.2, 0.25) is 0 Å². The van der Waals surface area contributed by atoms with Crippen LogP contribution >= 0.6 is 11.3 Å². The maximum Gasteiger partial charge on any atom is 0.319 e. The minimum Gasteiger partial charge on any atom is -0.376 e. The van der Waals surface area contributed by atoms with Crippen molar-refractivity contribution < 1.29 is 14.3 Å². The SMILES string of the molecule is Cc1nc(/C=C/C(=O)Nc2ccc(NC(=O)NCC3CCCO3)cc2)cs1. The number of aryl methyl sites for hydroxylation is 1. The number of ether oxygens (including phenoxy) is 1. The summed E-state index contributed by atoms with van der Waals surface area (Å²) >= 11 is 1.54. The fourth-order valence-electron chi connectivity index (χ4n) is 2.63. The number of urea groups is 1. The van der Waals surface area contributed by atoms with Crippen molar-refractivity contribution in [1.82, 2.24) is 10.3 Å². The summed E-state index contributed by atoms with van der Waals surface area (Å²) in [6, 6.07) is 6.65. The lowest BCUT2D eigenvalue weighted by atomic mass is 10.2. The number of hydrogen-bond donors (Lipinski definition) is 3. The summed E-state index contributed by atoms with van der Waals surface area (Å²) in [5.41, 5.74) is 2.05. The van der Waals surface area contributed by atoms with Crippen LogP contribution in [0.4, 0.5) is 16.2 Å². The van der Waals surface area contributed by atoms with Gasteiger partial charge in [-0.1, -0.05) is 0 Å². The van der Waals surface area contributed by atoms with Gasteiger partial charge in [0.1, 0.15) is 0 Å². The molecule has 2 heterocycles. The maximum atomic E-state index is 12.0. The summed E-state index contributed by atoms with van der Waals surface area (Å²) in [4.78, 5) is 28.1. The summed E-state index contributed by atoms with van der Waals surface area (Å²) in [7, 11) is 0. The third kappa shape index (κ3) is 6.19. The Labute approximate surface area is 161 Å². The van der Waals surface area contributed by atoms with E-state index in [0.717, 1.165) is 30.2 Å². The molecular weight excluding hydrogens is 364 g/mol. The zero-order valence-electron chi connectivity index (χ0n) is 15.0. The Morgan fingerprint density at radius 2 is 2.00 bits per heavy atom. The van der Waals surface area contributed by atoms with Crippen molar-refractivity contribution in [3.63, 3.8) is 0 Å². The van der Waals surface area contributed by atoms with E-state index in [1.54, 1.807) is 30.3 Å². The Morgan fingerprint density at radius 1 is 1.26 bits per heavy atom. The van der Waals surface area contributed by atoms with Gasteiger partial charge in [-0.2, -0.15) is 0 Å². The first-order chi connectivity index (χ1) is 13.1. The van der Waals surface area contributed by atoms with Crippen molar-refractivity contribution in [3.05, 3.63) is 46.4 Å². The third-order valence-corrected chi connectivity index (χ3v) is 4.76. The molecule has 142 valence electrons. The van der Waals surface area contributed by atoms with Gasteiger partial charge >= 0.3 is 6.03 Å². The number of hydrogen-bond acceptors (Lipinski definition) is 5. The van der Waals surface area contributed by atoms with E-state index in [1.807, 2.05) is 12.3 Å². The fourth-order valence-corrected chi connectivity index (χ4v) is 3.21. The predicted molar refractivity (Wildman–Crippen MR) is 107 cm³/mol. The van der Waals surface area contributed by atoms with Gasteiger partial charge in [-0.05, 0) is 50.1 Å². The highest BCUT2D eigenvalue weighted by molar-refractivity contribution is 7.09. The van der Waals surface area contributed by atoms with Crippen LogP contribution in [0.1, 0.15) is 23.5 Å². The summed E-state index contributed by atoms with van der Waals surface area (Å²) in [5, 5.41) is 11.2. The zero-order chi connectivity index (χ0) is 19.1. The van der Waals surface area contributed by atoms with Gasteiger partial charge in [0.2, 0.25) is 5.91 Å². The number of amides is 3. The van der Waals surface area contributed by atoms with Gasteiger partial charge in [-0.3, -0.25) is 4.79 Å². The van der Waals surface area contributed by atoms with Crippen molar-refractivity contribution in [2.75, 3.05) is 23.8 Å². The van der Waals surface area contributed by atoms with Crippen LogP contribution in [-0.4, -0.2) is 36.2 Å². The summed E-state index contributed by atoms with van der Waals surface area (Å²) in [6.45, 7) is 3.19. The zero-order valence-corrected chi connectivity index (χ0v) is 15.8. The Kier molecular flexibility index (Phi) is 6.56. The monoisotopic (exact) mass is 386 g/mol. The van der Waals surface area contributed by atoms with Crippen molar-refractivity contribution in [1.29, 1.82) is 0 Å². The molecule has 1 fully saturated rings. The topological polar surface area (TPSA) is 92.4 Å². The first-order valence-corrected chi connectivity index (χ1v) is 9.64. The van der Waals surface area contributed by atoms with Gasteiger partial charge in [0.15, 0.2) is 0 Å². The molecule has 3 N–H and O–H groups in total. The van der Waals surface area contributed by atoms with Gasteiger partial charge < -0.3 is 20.7 Å². The van der Waals surface area contributed by atoms with Gasteiger partial charge in [0.05, 0.1) is 16.8 Å². The number of nitrogens with one attached hydrogen (secondary N) is 3. The Balaban J connectivity index is 1.44. The molecule has 0 radical (unpaired) electrons. The van der Waals surface area contributed by atoms with Crippen LogP contribution in [0.25, 0.3) is 6.08 Å². The molecule has 1 atom stereocenters. The van der Waals surface area contributed by atoms with E-state index in [0.29, 0.717) is 17.9 Å². The van der Waals surface area contributed by atoms with Gasteiger partial charge in [-0.25, -0.2) is 9.78 Å². The normalized spacial score (nSPS) is 16.4. The van der Waals surface area contributed by atoms with Crippen LogP contribution < -0.4 is 16.0 Å². The van der Waals surface area contributed by atoms with Crippen LogP contribution in [0.15, 0.2) is 35.7 Å². The number of aromatic nitrogens is 1. The van der Waals surface area contributed by atoms with Gasteiger partial charge in [-0.15, -0.1) is 11.3 Å². The number of thiazole rings is 1. The van der Waals surface area contributed by atoms with E-state index in [1.165, 1.54) is 17.4 Å². The van der Waals surface area contributed by atoms with E-state index < -0.39 is 0 Å². The second-order valence-corrected chi connectivity index (χ2v) is 7.22. The molecule has 0 aliphatic carbocycles. The third-order valence-electron chi connectivity index (χ3n) is 3.97. The van der Waals surface area contributed by atoms with Crippen LogP contribution in [0, 0.1) is 6.92 Å². The lowest BCUT2D eigenvalue weighted by molar-refractivity contribution is -0.111. The minimum atomic E-state index is -0.274. The number of rotatable bonds is 6. The predicted octanol–water partition coefficient (Wildman–Crippen LogP) is 3.40. The Bertz CT molecular complexity index is 811. The molecule has 1 aliphatic rings. The molecule has 3 rings (SSSR count). The molecule has 7 nitrogen and oxygen atoms in total. The average molecular weight is 386 g/mol. The van der Waals surface area contributed by atoms with E-state index in [4.69, 9.17) is 4.74 Å². The molecule has 2 aromatic rings. The molecule has 1 saturated heterocycles. The first-order valence-electron chi connectivity index (χ1n) is 8.76. The molecular formula is C19H22N4O3S. The smallest absolute Gasteiger partial charge is 0.319 e. The number of carbonyl (C=O) groups excluding carboxylic acids is 2. The standard InChI is InChI=1S/C19H22N4O3S/c1-13-21-16(12-27-13)8-9-18(24)22-14-4-6-15(7-5-14)23-19(25)20-11-17-3-2-10-26-17/h4-9,12,17H,2-3,10-11H2,1H3,(H,22,24)(H2,20,23,25)/b9-8+. The number of benzene rings is 1. The molecule has 1 unspecified atom stereocenters. The molecule has 0 saturated carbocycles. The highest BCUT2D eigenvalue weighted by Crippen LogP contribution is 2.15. The van der Waals surface area contributed by atoms with E-state index in [9.17, 15) is 9.59 Å². The van der Waals surface area contributed by atoms with Crippen LogP contribution in [0.5, 0.6) is 0 Å². The Hall–Kier alpha value is -2.71. The maximum absolute atomic E-state index is 12.0. The molecule has 3 amide bonds. The second kappa shape index (κ2) is 9.29. The largest absolute Gasteiger partial charge is 0.376 e. The van der Waals surface area contributed by atoms with Crippen molar-refractivity contribution in [3.8, 4) is 0 Å². The highest BCUT2D eigenvalue weighted by atomic mass is 32.1. The van der Waals surface area contributed by atoms with Crippen molar-refractivity contribution in [2.24, 2.45) is 0 Å². The first kappa shape index (κ1) is 19.1. The molecule has 0 spiro atoms. The minimum absolute atomic E-state index is 0.106. The van der Waals surface area contributed by atoms with Crippen molar-refractivity contribution >= 4 is 40.7 Å². The molecule has 1 aromatic carbocycles. The molecule has 1 aliphatic heterocycles. The fraction of sp³-hybridized carbons (Fsp3) is 0.316. The number of anilines is 2. The van der Waals surface area contributed by atoms with Crippen LogP contribution in [-0.2, 0) is 9.53 Å². The van der Waals surface area contributed by atoms with Crippen molar-refractivity contribution in [2.45, 2.75) is 25.9 Å². The van der Waals surface area contributed by atoms with E-state index >= 15 is 0 Å². The Morgan fingerprint density at radius 3 is 2.63 bits per heavy atom. The van der Waals surface area contributed by atoms with Gasteiger partial charge in [0.25, 0.3) is 0 Å². The summed E-state index contributed by atoms with van der Waals surface area (Å²) in [5.74, 6) is -0.240. The molecule has 27 heavy (non-hydrogen) atoms. The lowest BCUT2D eigenvalue weighted by Crippen LogP contribution is -2.35. The van der Waals surface area contributed by atoms with Gasteiger partial charge in [0, 0.05) is 36.0 Å². The lowest BCUT2D eigenvalue weighted by Gasteiger charge is -2.12. The van der Waals surface area contributed by atoms with E-state index in [2.05, 4.69) is 20.9 Å².